The van der Waals surface area contributed by atoms with E-state index in [1.807, 2.05) is 0 Å². The van der Waals surface area contributed by atoms with Crippen LogP contribution in [0.15, 0.2) is 18.2 Å². The average Bonchev–Trinajstić information content (AvgIpc) is 2.67. The quantitative estimate of drug-likeness (QED) is 0.653. The first kappa shape index (κ1) is 20.9. The lowest BCUT2D eigenvalue weighted by molar-refractivity contribution is -0.124. The van der Waals surface area contributed by atoms with Crippen molar-refractivity contribution >= 4 is 29.1 Å². The maximum Gasteiger partial charge on any atom is 0.234 e. The van der Waals surface area contributed by atoms with Gasteiger partial charge in [-0.3, -0.25) is 14.5 Å². The molecule has 1 aliphatic heterocycles. The van der Waals surface area contributed by atoms with E-state index in [1.165, 1.54) is 25.3 Å². The topological polar surface area (TPSA) is 81.7 Å². The molecule has 2 aliphatic rings. The van der Waals surface area contributed by atoms with Gasteiger partial charge >= 0.3 is 0 Å². The van der Waals surface area contributed by atoms with E-state index < -0.39 is 0 Å². The number of nitrogens with one attached hydrogen (secondary N) is 2. The summed E-state index contributed by atoms with van der Waals surface area (Å²) in [5.74, 6) is 0.401. The van der Waals surface area contributed by atoms with E-state index in [1.54, 1.807) is 12.1 Å². The maximum atomic E-state index is 12.5. The molecule has 0 radical (unpaired) electrons. The van der Waals surface area contributed by atoms with E-state index in [4.69, 9.17) is 11.6 Å². The molecule has 2 fully saturated rings. The number of likely N-dealkylation sites (tertiary alicyclic amines) is 1. The molecule has 3 rings (SSSR count). The molecule has 0 bridgehead atoms. The zero-order valence-corrected chi connectivity index (χ0v) is 17.2. The number of halogens is 1. The summed E-state index contributed by atoms with van der Waals surface area (Å²) in [5.41, 5.74) is 0.334. The first-order chi connectivity index (χ1) is 13.4. The second kappa shape index (κ2) is 9.61. The number of hydrogen-bond acceptors (Lipinski definition) is 4. The van der Waals surface area contributed by atoms with E-state index in [2.05, 4.69) is 22.5 Å². The Hall–Kier alpha value is -1.79. The normalized spacial score (nSPS) is 23.9. The van der Waals surface area contributed by atoms with Crippen molar-refractivity contribution in [2.75, 3.05) is 25.0 Å². The van der Waals surface area contributed by atoms with Crippen molar-refractivity contribution < 1.29 is 14.7 Å². The monoisotopic (exact) mass is 407 g/mol. The minimum atomic E-state index is -0.129. The van der Waals surface area contributed by atoms with Crippen LogP contribution >= 0.6 is 11.6 Å². The van der Waals surface area contributed by atoms with E-state index in [9.17, 15) is 14.7 Å². The Bertz CT molecular complexity index is 704. The Morgan fingerprint density at radius 1 is 1.18 bits per heavy atom. The Kier molecular flexibility index (Phi) is 7.18. The smallest absolute Gasteiger partial charge is 0.234 e. The molecule has 0 spiro atoms. The maximum absolute atomic E-state index is 12.5. The van der Waals surface area contributed by atoms with Gasteiger partial charge in [0, 0.05) is 17.0 Å². The zero-order valence-electron chi connectivity index (χ0n) is 16.4. The molecule has 1 saturated heterocycles. The fourth-order valence-corrected chi connectivity index (χ4v) is 4.35. The summed E-state index contributed by atoms with van der Waals surface area (Å²) in [6, 6.07) is 4.88. The third-order valence-electron chi connectivity index (χ3n) is 6.00. The number of rotatable bonds is 5. The van der Waals surface area contributed by atoms with Gasteiger partial charge in [0.25, 0.3) is 0 Å². The van der Waals surface area contributed by atoms with Crippen molar-refractivity contribution in [3.05, 3.63) is 23.2 Å². The minimum Gasteiger partial charge on any atom is -0.506 e. The lowest BCUT2D eigenvalue weighted by atomic mass is 9.86. The number of benzene rings is 1. The predicted molar refractivity (Wildman–Crippen MR) is 110 cm³/mol. The average molecular weight is 408 g/mol. The van der Waals surface area contributed by atoms with Crippen LogP contribution in [0.1, 0.15) is 45.4 Å². The van der Waals surface area contributed by atoms with E-state index in [0.717, 1.165) is 6.42 Å². The molecule has 0 aromatic heterocycles. The number of nitrogens with zero attached hydrogens (tertiary/aromatic N) is 1. The van der Waals surface area contributed by atoms with Gasteiger partial charge in [-0.15, -0.1) is 0 Å². The molecule has 2 atom stereocenters. The number of hydrogen-bond donors (Lipinski definition) is 3. The van der Waals surface area contributed by atoms with Crippen LogP contribution in [0.5, 0.6) is 5.75 Å². The Balaban J connectivity index is 1.43. The van der Waals surface area contributed by atoms with Crippen LogP contribution in [0.2, 0.25) is 5.02 Å². The van der Waals surface area contributed by atoms with Gasteiger partial charge in [0.1, 0.15) is 5.75 Å². The highest BCUT2D eigenvalue weighted by atomic mass is 35.5. The van der Waals surface area contributed by atoms with Gasteiger partial charge in [-0.2, -0.15) is 0 Å². The molecule has 3 N–H and O–H groups in total. The third kappa shape index (κ3) is 5.61. The number of carbonyl (C=O) groups excluding carboxylic acids is 2. The third-order valence-corrected chi connectivity index (χ3v) is 6.24. The number of anilines is 1. The van der Waals surface area contributed by atoms with Crippen LogP contribution in [0, 0.1) is 11.8 Å². The van der Waals surface area contributed by atoms with E-state index >= 15 is 0 Å². The van der Waals surface area contributed by atoms with E-state index in [-0.39, 0.29) is 23.5 Å². The molecule has 1 aliphatic carbocycles. The second-order valence-electron chi connectivity index (χ2n) is 8.14. The van der Waals surface area contributed by atoms with Crippen LogP contribution < -0.4 is 10.6 Å². The van der Waals surface area contributed by atoms with Crippen molar-refractivity contribution in [2.45, 2.75) is 51.5 Å². The van der Waals surface area contributed by atoms with Crippen LogP contribution in [0.3, 0.4) is 0 Å². The molecule has 1 heterocycles. The Morgan fingerprint density at radius 2 is 1.89 bits per heavy atom. The summed E-state index contributed by atoms with van der Waals surface area (Å²) in [6.07, 6.45) is 6.10. The molecule has 1 aromatic rings. The number of amides is 2. The summed E-state index contributed by atoms with van der Waals surface area (Å²) >= 11 is 5.93. The summed E-state index contributed by atoms with van der Waals surface area (Å²) in [6.45, 7) is 4.04. The van der Waals surface area contributed by atoms with Crippen molar-refractivity contribution in [1.29, 1.82) is 0 Å². The summed E-state index contributed by atoms with van der Waals surface area (Å²) in [4.78, 5) is 27.0. The lowest BCUT2D eigenvalue weighted by Crippen LogP contribution is -2.47. The highest BCUT2D eigenvalue weighted by Gasteiger charge is 2.28. The Labute approximate surface area is 171 Å². The van der Waals surface area contributed by atoms with Gasteiger partial charge in [-0.05, 0) is 62.9 Å². The SMILES string of the molecule is CC1CCCCC1NC(=O)CN1CCC(C(=O)Nc2cc(Cl)ccc2O)CC1. The number of phenols is 1. The fraction of sp³-hybridized carbons (Fsp3) is 0.619. The number of piperidine rings is 1. The lowest BCUT2D eigenvalue weighted by Gasteiger charge is -2.33. The second-order valence-corrected chi connectivity index (χ2v) is 8.57. The van der Waals surface area contributed by atoms with Crippen LogP contribution in [0.4, 0.5) is 5.69 Å². The highest BCUT2D eigenvalue weighted by molar-refractivity contribution is 6.31. The highest BCUT2D eigenvalue weighted by Crippen LogP contribution is 2.28. The molecule has 7 heteroatoms. The summed E-state index contributed by atoms with van der Waals surface area (Å²) < 4.78 is 0. The molecule has 2 unspecified atom stereocenters. The molecule has 28 heavy (non-hydrogen) atoms. The molecule has 6 nitrogen and oxygen atoms in total. The van der Waals surface area contributed by atoms with Crippen LogP contribution in [-0.2, 0) is 9.59 Å². The van der Waals surface area contributed by atoms with Crippen molar-refractivity contribution in [3.63, 3.8) is 0 Å². The van der Waals surface area contributed by atoms with Crippen molar-refractivity contribution in [3.8, 4) is 5.75 Å². The molecule has 1 saturated carbocycles. The molecular weight excluding hydrogens is 378 g/mol. The van der Waals surface area contributed by atoms with Gasteiger partial charge in [0.2, 0.25) is 11.8 Å². The van der Waals surface area contributed by atoms with Gasteiger partial charge in [0.05, 0.1) is 12.2 Å². The largest absolute Gasteiger partial charge is 0.506 e. The molecule has 1 aromatic carbocycles. The van der Waals surface area contributed by atoms with Gasteiger partial charge in [-0.1, -0.05) is 31.4 Å². The minimum absolute atomic E-state index is 0.00352. The van der Waals surface area contributed by atoms with Crippen molar-refractivity contribution in [2.24, 2.45) is 11.8 Å². The number of aromatic hydroxyl groups is 1. The Morgan fingerprint density at radius 3 is 2.61 bits per heavy atom. The summed E-state index contributed by atoms with van der Waals surface area (Å²) in [7, 11) is 0. The van der Waals surface area contributed by atoms with Crippen LogP contribution in [0.25, 0.3) is 0 Å². The van der Waals surface area contributed by atoms with Gasteiger partial charge in [-0.25, -0.2) is 0 Å². The molecule has 154 valence electrons. The molecule has 2 amide bonds. The number of carbonyl (C=O) groups is 2. The summed E-state index contributed by atoms with van der Waals surface area (Å²) in [5, 5.41) is 16.3. The van der Waals surface area contributed by atoms with Crippen molar-refractivity contribution in [1.82, 2.24) is 10.2 Å². The van der Waals surface area contributed by atoms with E-state index in [0.29, 0.717) is 55.1 Å². The van der Waals surface area contributed by atoms with Gasteiger partial charge < -0.3 is 15.7 Å². The first-order valence-corrected chi connectivity index (χ1v) is 10.6. The number of phenolic OH excluding ortho intramolecular Hbond substituents is 1. The predicted octanol–water partition coefficient (Wildman–Crippen LogP) is 3.39. The molecular formula is C21H30ClN3O3. The fourth-order valence-electron chi connectivity index (χ4n) is 4.18. The standard InChI is InChI=1S/C21H30ClN3O3/c1-14-4-2-3-5-17(14)23-20(27)13-25-10-8-15(9-11-25)21(28)24-18-12-16(22)6-7-19(18)26/h6-7,12,14-15,17,26H,2-5,8-11,13H2,1H3,(H,23,27)(H,24,28). The van der Waals surface area contributed by atoms with Gasteiger partial charge in [0.15, 0.2) is 0 Å². The zero-order chi connectivity index (χ0) is 20.1. The van der Waals surface area contributed by atoms with Crippen LogP contribution in [-0.4, -0.2) is 47.5 Å². The first-order valence-electron chi connectivity index (χ1n) is 10.2.